The Bertz CT molecular complexity index is 136. The molecule has 0 aromatic rings. The third kappa shape index (κ3) is 1.47. The van der Waals surface area contributed by atoms with E-state index in [2.05, 4.69) is 26.1 Å². The maximum Gasteiger partial charge on any atom is 0.0232 e. The Hall–Kier alpha value is -0.460. The Balaban J connectivity index is 2.61. The number of nitrogens with one attached hydrogen (secondary N) is 1. The lowest BCUT2D eigenvalue weighted by Crippen LogP contribution is -2.28. The van der Waals surface area contributed by atoms with Crippen molar-refractivity contribution in [1.82, 2.24) is 5.32 Å². The van der Waals surface area contributed by atoms with Crippen molar-refractivity contribution in [3.63, 3.8) is 0 Å². The van der Waals surface area contributed by atoms with Crippen molar-refractivity contribution in [3.8, 4) is 0 Å². The van der Waals surface area contributed by atoms with Crippen LogP contribution in [-0.4, -0.2) is 6.04 Å². The average Bonchev–Trinajstić information content (AvgIpc) is 1.80. The molecule has 1 rings (SSSR count). The monoisotopic (exact) mass is 125 g/mol. The van der Waals surface area contributed by atoms with Gasteiger partial charge in [0.1, 0.15) is 0 Å². The van der Waals surface area contributed by atoms with Gasteiger partial charge in [0.15, 0.2) is 0 Å². The Labute approximate surface area is 57.1 Å². The molecule has 1 nitrogen and oxygen atoms in total. The van der Waals surface area contributed by atoms with E-state index in [1.165, 1.54) is 24.1 Å². The molecule has 0 saturated carbocycles. The first kappa shape index (κ1) is 6.66. The van der Waals surface area contributed by atoms with Gasteiger partial charge in [-0.25, -0.2) is 0 Å². The summed E-state index contributed by atoms with van der Waals surface area (Å²) in [6.07, 6.45) is 2.57. The molecule has 1 atom stereocenters. The van der Waals surface area contributed by atoms with Crippen molar-refractivity contribution in [2.75, 3.05) is 0 Å². The van der Waals surface area contributed by atoms with Gasteiger partial charge in [-0.3, -0.25) is 0 Å². The number of rotatable bonds is 0. The highest BCUT2D eigenvalue weighted by Gasteiger charge is 2.09. The van der Waals surface area contributed by atoms with Gasteiger partial charge in [-0.05, 0) is 33.6 Å². The van der Waals surface area contributed by atoms with Crippen LogP contribution in [0.1, 0.15) is 33.6 Å². The van der Waals surface area contributed by atoms with E-state index in [1.807, 2.05) is 0 Å². The lowest BCUT2D eigenvalue weighted by atomic mass is 10.0. The van der Waals surface area contributed by atoms with Gasteiger partial charge in [0.25, 0.3) is 0 Å². The Kier molecular flexibility index (Phi) is 1.79. The molecule has 0 saturated heterocycles. The van der Waals surface area contributed by atoms with Crippen LogP contribution in [0.15, 0.2) is 11.3 Å². The van der Waals surface area contributed by atoms with Gasteiger partial charge < -0.3 is 5.32 Å². The maximum atomic E-state index is 3.41. The van der Waals surface area contributed by atoms with Crippen LogP contribution in [0.4, 0.5) is 0 Å². The summed E-state index contributed by atoms with van der Waals surface area (Å²) < 4.78 is 0. The van der Waals surface area contributed by atoms with E-state index in [0.29, 0.717) is 6.04 Å². The van der Waals surface area contributed by atoms with Gasteiger partial charge in [0, 0.05) is 11.7 Å². The zero-order valence-corrected chi connectivity index (χ0v) is 6.49. The van der Waals surface area contributed by atoms with Gasteiger partial charge in [0.2, 0.25) is 0 Å². The molecule has 0 fully saturated rings. The van der Waals surface area contributed by atoms with Crippen molar-refractivity contribution in [1.29, 1.82) is 0 Å². The van der Waals surface area contributed by atoms with Crippen molar-refractivity contribution in [2.24, 2.45) is 0 Å². The van der Waals surface area contributed by atoms with Crippen LogP contribution in [0.5, 0.6) is 0 Å². The lowest BCUT2D eigenvalue weighted by molar-refractivity contribution is 0.528. The predicted molar refractivity (Wildman–Crippen MR) is 40.2 cm³/mol. The lowest BCUT2D eigenvalue weighted by Gasteiger charge is -2.23. The highest BCUT2D eigenvalue weighted by molar-refractivity contribution is 5.11. The molecule has 0 amide bonds. The molecule has 1 unspecified atom stereocenters. The minimum Gasteiger partial charge on any atom is -0.386 e. The first-order chi connectivity index (χ1) is 4.20. The molecule has 52 valence electrons. The molecule has 1 heterocycles. The van der Waals surface area contributed by atoms with Crippen molar-refractivity contribution < 1.29 is 0 Å². The van der Waals surface area contributed by atoms with Crippen LogP contribution < -0.4 is 5.32 Å². The molecule has 1 aliphatic rings. The summed E-state index contributed by atoms with van der Waals surface area (Å²) in [5.41, 5.74) is 2.90. The van der Waals surface area contributed by atoms with Crippen molar-refractivity contribution in [3.05, 3.63) is 11.3 Å². The zero-order valence-electron chi connectivity index (χ0n) is 6.49. The van der Waals surface area contributed by atoms with Gasteiger partial charge in [0.05, 0.1) is 0 Å². The van der Waals surface area contributed by atoms with E-state index in [4.69, 9.17) is 0 Å². The van der Waals surface area contributed by atoms with Crippen LogP contribution >= 0.6 is 0 Å². The van der Waals surface area contributed by atoms with Crippen LogP contribution in [0.25, 0.3) is 0 Å². The molecule has 0 aliphatic carbocycles. The quantitative estimate of drug-likeness (QED) is 0.522. The molecule has 9 heavy (non-hydrogen) atoms. The van der Waals surface area contributed by atoms with E-state index >= 15 is 0 Å². The predicted octanol–water partition coefficient (Wildman–Crippen LogP) is 2.05. The number of hydrogen-bond acceptors (Lipinski definition) is 1. The standard InChI is InChI=1S/C8H15N/c1-6-4-5-7(2)9-8(6)3/h7,9H,4-5H2,1-3H3. The molecular weight excluding hydrogens is 110 g/mol. The molecule has 0 bridgehead atoms. The maximum absolute atomic E-state index is 3.41. The molecule has 0 aromatic heterocycles. The van der Waals surface area contributed by atoms with Crippen LogP contribution in [-0.2, 0) is 0 Å². The second-order valence-corrected chi connectivity index (χ2v) is 2.99. The summed E-state index contributed by atoms with van der Waals surface area (Å²) in [6, 6.07) is 0.689. The van der Waals surface area contributed by atoms with Gasteiger partial charge >= 0.3 is 0 Å². The summed E-state index contributed by atoms with van der Waals surface area (Å²) in [6.45, 7) is 6.59. The van der Waals surface area contributed by atoms with E-state index in [1.54, 1.807) is 0 Å². The second-order valence-electron chi connectivity index (χ2n) is 2.99. The fourth-order valence-electron chi connectivity index (χ4n) is 1.19. The molecule has 0 spiro atoms. The van der Waals surface area contributed by atoms with E-state index in [-0.39, 0.29) is 0 Å². The third-order valence-electron chi connectivity index (χ3n) is 2.06. The fourth-order valence-corrected chi connectivity index (χ4v) is 1.19. The average molecular weight is 125 g/mol. The summed E-state index contributed by atoms with van der Waals surface area (Å²) >= 11 is 0. The Morgan fingerprint density at radius 3 is 2.56 bits per heavy atom. The Morgan fingerprint density at radius 1 is 1.44 bits per heavy atom. The summed E-state index contributed by atoms with van der Waals surface area (Å²) in [4.78, 5) is 0. The second kappa shape index (κ2) is 2.42. The molecule has 1 N–H and O–H groups in total. The Morgan fingerprint density at radius 2 is 2.11 bits per heavy atom. The SMILES string of the molecule is CC1=C(C)NC(C)CC1. The highest BCUT2D eigenvalue weighted by Crippen LogP contribution is 2.16. The minimum absolute atomic E-state index is 0.689. The topological polar surface area (TPSA) is 12.0 Å². The molecule has 0 radical (unpaired) electrons. The van der Waals surface area contributed by atoms with E-state index in [9.17, 15) is 0 Å². The van der Waals surface area contributed by atoms with Gasteiger partial charge in [-0.15, -0.1) is 0 Å². The first-order valence-corrected chi connectivity index (χ1v) is 3.63. The molecular formula is C8H15N. The minimum atomic E-state index is 0.689. The molecule has 1 heteroatoms. The van der Waals surface area contributed by atoms with Gasteiger partial charge in [-0.1, -0.05) is 5.57 Å². The molecule has 0 aromatic carbocycles. The highest BCUT2D eigenvalue weighted by atomic mass is 14.9. The summed E-state index contributed by atoms with van der Waals surface area (Å²) in [7, 11) is 0. The van der Waals surface area contributed by atoms with Crippen molar-refractivity contribution in [2.45, 2.75) is 39.7 Å². The van der Waals surface area contributed by atoms with Crippen LogP contribution in [0.3, 0.4) is 0 Å². The van der Waals surface area contributed by atoms with Crippen molar-refractivity contribution >= 4 is 0 Å². The number of hydrogen-bond donors (Lipinski definition) is 1. The zero-order chi connectivity index (χ0) is 6.85. The van der Waals surface area contributed by atoms with E-state index < -0.39 is 0 Å². The van der Waals surface area contributed by atoms with Gasteiger partial charge in [-0.2, -0.15) is 0 Å². The van der Waals surface area contributed by atoms with Crippen LogP contribution in [0, 0.1) is 0 Å². The van der Waals surface area contributed by atoms with Crippen LogP contribution in [0.2, 0.25) is 0 Å². The summed E-state index contributed by atoms with van der Waals surface area (Å²) in [5, 5.41) is 3.41. The largest absolute Gasteiger partial charge is 0.386 e. The van der Waals surface area contributed by atoms with E-state index in [0.717, 1.165) is 0 Å². The molecule has 1 aliphatic heterocycles. The smallest absolute Gasteiger partial charge is 0.0232 e. The first-order valence-electron chi connectivity index (χ1n) is 3.63. The number of allylic oxidation sites excluding steroid dienone is 2. The fraction of sp³-hybridized carbons (Fsp3) is 0.750. The normalized spacial score (nSPS) is 28.1. The third-order valence-corrected chi connectivity index (χ3v) is 2.06. The summed E-state index contributed by atoms with van der Waals surface area (Å²) in [5.74, 6) is 0.